The van der Waals surface area contributed by atoms with E-state index in [1.807, 2.05) is 56.6 Å². The predicted molar refractivity (Wildman–Crippen MR) is 130 cm³/mol. The summed E-state index contributed by atoms with van der Waals surface area (Å²) in [5.41, 5.74) is 5.91. The Morgan fingerprint density at radius 2 is 1.39 bits per heavy atom. The van der Waals surface area contributed by atoms with Crippen LogP contribution in [0.15, 0.2) is 78.9 Å². The molecule has 5 heteroatoms. The molecule has 0 spiro atoms. The Balaban J connectivity index is 2.01. The second-order valence-corrected chi connectivity index (χ2v) is 7.55. The zero-order valence-corrected chi connectivity index (χ0v) is 18.5. The van der Waals surface area contributed by atoms with Crippen molar-refractivity contribution < 1.29 is 14.4 Å². The van der Waals surface area contributed by atoms with E-state index in [2.05, 4.69) is 48.2 Å². The lowest BCUT2D eigenvalue weighted by Crippen LogP contribution is -2.19. The average molecular weight is 415 g/mol. The van der Waals surface area contributed by atoms with Gasteiger partial charge in [0, 0.05) is 6.54 Å². The van der Waals surface area contributed by atoms with Gasteiger partial charge >= 0.3 is 7.69 Å². The van der Waals surface area contributed by atoms with E-state index in [0.29, 0.717) is 12.4 Å². The molecule has 0 aliphatic rings. The maximum atomic E-state index is 9.02. The first kappa shape index (κ1) is 22.7. The number of allylic oxidation sites excluding steroid dienone is 1. The summed E-state index contributed by atoms with van der Waals surface area (Å²) in [5.74, 6) is 1.52. The third-order valence-corrected chi connectivity index (χ3v) is 5.10. The monoisotopic (exact) mass is 415 g/mol. The van der Waals surface area contributed by atoms with Crippen molar-refractivity contribution in [1.29, 1.82) is 0 Å². The predicted octanol–water partition coefficient (Wildman–Crippen LogP) is 4.63. The van der Waals surface area contributed by atoms with Crippen molar-refractivity contribution in [3.63, 3.8) is 0 Å². The SMILES string of the molecule is CCC(=C(c1ccc(OBO)cc1)c1ccc(OCCN(C)C)cc1)c1ccccc1. The molecular weight excluding hydrogens is 385 g/mol. The molecule has 160 valence electrons. The lowest BCUT2D eigenvalue weighted by Gasteiger charge is -2.17. The van der Waals surface area contributed by atoms with Crippen LogP contribution in [-0.2, 0) is 0 Å². The molecule has 0 saturated heterocycles. The second kappa shape index (κ2) is 11.4. The number of ether oxygens (including phenoxy) is 1. The van der Waals surface area contributed by atoms with E-state index < -0.39 is 0 Å². The highest BCUT2D eigenvalue weighted by Gasteiger charge is 2.13. The summed E-state index contributed by atoms with van der Waals surface area (Å²) >= 11 is 0. The standard InChI is InChI=1S/C26H30BNO3/c1-4-25(20-8-6-5-7-9-20)26(22-12-16-24(17-13-22)31-27-29)21-10-14-23(15-11-21)30-19-18-28(2)3/h5-17,27,29H,4,18-19H2,1-3H3. The lowest BCUT2D eigenvalue weighted by atomic mass is 9.88. The Hall–Kier alpha value is -3.02. The molecule has 1 N–H and O–H groups in total. The van der Waals surface area contributed by atoms with Crippen molar-refractivity contribution in [3.05, 3.63) is 95.6 Å². The summed E-state index contributed by atoms with van der Waals surface area (Å²) in [7, 11) is 3.74. The number of rotatable bonds is 10. The molecule has 0 saturated carbocycles. The molecule has 0 fully saturated rings. The molecular formula is C26H30BNO3. The molecule has 3 aromatic carbocycles. The Kier molecular flexibility index (Phi) is 8.33. The van der Waals surface area contributed by atoms with Crippen LogP contribution in [0.3, 0.4) is 0 Å². The molecule has 0 atom stereocenters. The van der Waals surface area contributed by atoms with Crippen molar-refractivity contribution in [2.45, 2.75) is 13.3 Å². The first-order valence-corrected chi connectivity index (χ1v) is 10.6. The third-order valence-electron chi connectivity index (χ3n) is 5.10. The maximum Gasteiger partial charge on any atom is 0.504 e. The van der Waals surface area contributed by atoms with E-state index in [1.54, 1.807) is 0 Å². The summed E-state index contributed by atoms with van der Waals surface area (Å²) in [4.78, 5) is 2.10. The van der Waals surface area contributed by atoms with Gasteiger partial charge in [-0.05, 0) is 72.6 Å². The first-order valence-electron chi connectivity index (χ1n) is 10.6. The van der Waals surface area contributed by atoms with Gasteiger partial charge in [0.2, 0.25) is 0 Å². The molecule has 0 radical (unpaired) electrons. The third kappa shape index (κ3) is 6.23. The van der Waals surface area contributed by atoms with Crippen molar-refractivity contribution in [3.8, 4) is 11.5 Å². The van der Waals surface area contributed by atoms with Crippen molar-refractivity contribution in [2.75, 3.05) is 27.2 Å². The van der Waals surface area contributed by atoms with Crippen LogP contribution in [0, 0.1) is 0 Å². The minimum atomic E-state index is -0.332. The van der Waals surface area contributed by atoms with E-state index in [4.69, 9.17) is 14.4 Å². The van der Waals surface area contributed by atoms with Crippen molar-refractivity contribution in [1.82, 2.24) is 4.90 Å². The van der Waals surface area contributed by atoms with Gasteiger partial charge in [-0.15, -0.1) is 0 Å². The topological polar surface area (TPSA) is 41.9 Å². The van der Waals surface area contributed by atoms with Crippen molar-refractivity contribution >= 4 is 18.8 Å². The van der Waals surface area contributed by atoms with Crippen LogP contribution >= 0.6 is 0 Å². The Morgan fingerprint density at radius 1 is 0.806 bits per heavy atom. The molecule has 0 heterocycles. The maximum absolute atomic E-state index is 9.02. The summed E-state index contributed by atoms with van der Waals surface area (Å²) in [6.45, 7) is 3.72. The van der Waals surface area contributed by atoms with Gasteiger partial charge in [-0.1, -0.05) is 61.5 Å². The van der Waals surface area contributed by atoms with Crippen LogP contribution in [0.1, 0.15) is 30.0 Å². The molecule has 0 amide bonds. The number of nitrogens with zero attached hydrogens (tertiary/aromatic N) is 1. The highest BCUT2D eigenvalue weighted by molar-refractivity contribution is 6.17. The van der Waals surface area contributed by atoms with Gasteiger partial charge < -0.3 is 19.3 Å². The van der Waals surface area contributed by atoms with Gasteiger partial charge in [0.25, 0.3) is 0 Å². The van der Waals surface area contributed by atoms with Gasteiger partial charge in [0.1, 0.15) is 18.1 Å². The van der Waals surface area contributed by atoms with E-state index >= 15 is 0 Å². The summed E-state index contributed by atoms with van der Waals surface area (Å²) in [6.07, 6.45) is 0.898. The van der Waals surface area contributed by atoms with E-state index in [-0.39, 0.29) is 7.69 Å². The molecule has 0 aliphatic carbocycles. The van der Waals surface area contributed by atoms with Crippen LogP contribution < -0.4 is 9.39 Å². The van der Waals surface area contributed by atoms with Crippen molar-refractivity contribution in [2.24, 2.45) is 0 Å². The molecule has 3 aromatic rings. The number of hydrogen-bond acceptors (Lipinski definition) is 4. The van der Waals surface area contributed by atoms with Crippen LogP contribution in [0.4, 0.5) is 0 Å². The summed E-state index contributed by atoms with van der Waals surface area (Å²) < 4.78 is 11.1. The molecule has 3 rings (SSSR count). The van der Waals surface area contributed by atoms with Gasteiger partial charge in [-0.25, -0.2) is 0 Å². The lowest BCUT2D eigenvalue weighted by molar-refractivity contribution is 0.261. The smallest absolute Gasteiger partial charge is 0.504 e. The number of benzene rings is 3. The Bertz CT molecular complexity index is 968. The molecule has 0 bridgehead atoms. The quantitative estimate of drug-likeness (QED) is 0.387. The zero-order valence-electron chi connectivity index (χ0n) is 18.5. The fourth-order valence-electron chi connectivity index (χ4n) is 3.54. The minimum Gasteiger partial charge on any atom is -0.539 e. The van der Waals surface area contributed by atoms with Crippen LogP contribution in [0.2, 0.25) is 0 Å². The summed E-state index contributed by atoms with van der Waals surface area (Å²) in [5, 5.41) is 9.02. The minimum absolute atomic E-state index is 0.332. The zero-order chi connectivity index (χ0) is 22.1. The Morgan fingerprint density at radius 3 is 1.90 bits per heavy atom. The number of hydrogen-bond donors (Lipinski definition) is 1. The largest absolute Gasteiger partial charge is 0.539 e. The van der Waals surface area contributed by atoms with Gasteiger partial charge in [-0.2, -0.15) is 0 Å². The second-order valence-electron chi connectivity index (χ2n) is 7.55. The van der Waals surface area contributed by atoms with Crippen LogP contribution in [0.5, 0.6) is 11.5 Å². The van der Waals surface area contributed by atoms with Gasteiger partial charge in [0.15, 0.2) is 0 Å². The van der Waals surface area contributed by atoms with Gasteiger partial charge in [0.05, 0.1) is 0 Å². The van der Waals surface area contributed by atoms with Crippen LogP contribution in [-0.4, -0.2) is 44.9 Å². The highest BCUT2D eigenvalue weighted by atomic mass is 16.5. The first-order chi connectivity index (χ1) is 15.1. The molecule has 0 unspecified atom stereocenters. The van der Waals surface area contributed by atoms with Crippen LogP contribution in [0.25, 0.3) is 11.1 Å². The van der Waals surface area contributed by atoms with E-state index in [0.717, 1.165) is 29.8 Å². The fourth-order valence-corrected chi connectivity index (χ4v) is 3.54. The number of likely N-dealkylation sites (N-methyl/N-ethyl adjacent to an activating group) is 1. The molecule has 4 nitrogen and oxygen atoms in total. The summed E-state index contributed by atoms with van der Waals surface area (Å²) in [6, 6.07) is 26.7. The van der Waals surface area contributed by atoms with E-state index in [1.165, 1.54) is 16.7 Å². The van der Waals surface area contributed by atoms with Gasteiger partial charge in [-0.3, -0.25) is 0 Å². The average Bonchev–Trinajstić information content (AvgIpc) is 2.79. The Labute approximate surface area is 186 Å². The molecule has 0 aromatic heterocycles. The fraction of sp³-hybridized carbons (Fsp3) is 0.231. The molecule has 0 aliphatic heterocycles. The highest BCUT2D eigenvalue weighted by Crippen LogP contribution is 2.35. The molecule has 31 heavy (non-hydrogen) atoms. The normalized spacial score (nSPS) is 11.8. The van der Waals surface area contributed by atoms with E-state index in [9.17, 15) is 0 Å².